The van der Waals surface area contributed by atoms with Crippen molar-refractivity contribution in [3.63, 3.8) is 0 Å². The minimum Gasteiger partial charge on any atom is -0.493 e. The molecule has 3 aliphatic heterocycles. The Kier molecular flexibility index (Phi) is 8.45. The smallest absolute Gasteiger partial charge is 0.338 e. The lowest BCUT2D eigenvalue weighted by atomic mass is 9.92. The third kappa shape index (κ3) is 5.28. The van der Waals surface area contributed by atoms with E-state index in [1.54, 1.807) is 37.0 Å². The Hall–Kier alpha value is -3.73. The van der Waals surface area contributed by atoms with Gasteiger partial charge in [0.25, 0.3) is 0 Å². The summed E-state index contributed by atoms with van der Waals surface area (Å²) in [6.45, 7) is 8.97. The number of ether oxygens (including phenoxy) is 3. The van der Waals surface area contributed by atoms with Gasteiger partial charge >= 0.3 is 5.97 Å². The van der Waals surface area contributed by atoms with E-state index < -0.39 is 12.0 Å². The highest BCUT2D eigenvalue weighted by Gasteiger charge is 2.43. The van der Waals surface area contributed by atoms with E-state index >= 15 is 0 Å². The predicted octanol–water partition coefficient (Wildman–Crippen LogP) is 3.09. The van der Waals surface area contributed by atoms with Gasteiger partial charge in [-0.05, 0) is 18.4 Å². The van der Waals surface area contributed by atoms with E-state index in [0.717, 1.165) is 0 Å². The first-order valence-corrected chi connectivity index (χ1v) is 13.1. The van der Waals surface area contributed by atoms with Gasteiger partial charge in [-0.2, -0.15) is 0 Å². The molecule has 3 heterocycles. The van der Waals surface area contributed by atoms with E-state index in [0.29, 0.717) is 65.4 Å². The number of carbonyl (C=O) groups excluding carboxylic acids is 3. The number of aliphatic imine (C=N–C) groups is 1. The van der Waals surface area contributed by atoms with Gasteiger partial charge in [0.1, 0.15) is 6.61 Å². The maximum atomic E-state index is 13.3. The van der Waals surface area contributed by atoms with Crippen molar-refractivity contribution in [3.8, 4) is 11.5 Å². The number of hydrogen-bond donors (Lipinski definition) is 0. The first-order chi connectivity index (χ1) is 18.3. The van der Waals surface area contributed by atoms with Crippen LogP contribution >= 0.6 is 11.8 Å². The lowest BCUT2D eigenvalue weighted by Crippen LogP contribution is -2.50. The number of nitrogens with zero attached hydrogens (tertiary/aromatic N) is 4. The van der Waals surface area contributed by atoms with Crippen molar-refractivity contribution in [2.75, 3.05) is 47.0 Å². The summed E-state index contributed by atoms with van der Waals surface area (Å²) in [5, 5.41) is 2.55. The number of para-hydroxylation sites is 1. The van der Waals surface area contributed by atoms with Crippen LogP contribution in [0.15, 0.2) is 58.2 Å². The quantitative estimate of drug-likeness (QED) is 0.366. The SMILES string of the molecule is C=CCOC(=O)C1=C(C)N=C2SC=C(CC(=O)N3CCN(C(C)=O)CC3)N2[C@H]1c1cccc(OC)c1OC. The molecule has 0 bridgehead atoms. The number of rotatable bonds is 8. The molecule has 0 aromatic heterocycles. The highest BCUT2D eigenvalue weighted by Crippen LogP contribution is 2.48. The third-order valence-corrected chi connectivity index (χ3v) is 7.58. The van der Waals surface area contributed by atoms with Crippen LogP contribution in [-0.4, -0.2) is 84.7 Å². The molecule has 0 saturated carbocycles. The fourth-order valence-corrected chi connectivity index (χ4v) is 5.77. The van der Waals surface area contributed by atoms with E-state index in [4.69, 9.17) is 19.2 Å². The molecule has 38 heavy (non-hydrogen) atoms. The Labute approximate surface area is 226 Å². The maximum absolute atomic E-state index is 13.3. The highest BCUT2D eigenvalue weighted by atomic mass is 32.2. The lowest BCUT2D eigenvalue weighted by Gasteiger charge is -2.38. The normalized spacial score (nSPS) is 18.9. The van der Waals surface area contributed by atoms with Crippen LogP contribution in [0.1, 0.15) is 31.9 Å². The van der Waals surface area contributed by atoms with Crippen LogP contribution in [0.2, 0.25) is 0 Å². The molecule has 1 aromatic rings. The van der Waals surface area contributed by atoms with Crippen molar-refractivity contribution in [1.82, 2.24) is 14.7 Å². The fraction of sp³-hybridized carbons (Fsp3) is 0.407. The Bertz CT molecular complexity index is 1230. The van der Waals surface area contributed by atoms with E-state index in [1.807, 2.05) is 22.4 Å². The lowest BCUT2D eigenvalue weighted by molar-refractivity contribution is -0.138. The summed E-state index contributed by atoms with van der Waals surface area (Å²) in [6.07, 6.45) is 1.62. The van der Waals surface area contributed by atoms with Crippen LogP contribution in [0.5, 0.6) is 11.5 Å². The van der Waals surface area contributed by atoms with E-state index in [-0.39, 0.29) is 24.8 Å². The number of amidine groups is 1. The van der Waals surface area contributed by atoms with Crippen LogP contribution in [0.25, 0.3) is 0 Å². The van der Waals surface area contributed by atoms with Gasteiger partial charge in [-0.3, -0.25) is 9.59 Å². The number of fused-ring (bicyclic) bond motifs is 1. The summed E-state index contributed by atoms with van der Waals surface area (Å²) in [6, 6.07) is 4.82. The molecule has 3 aliphatic rings. The Balaban J connectivity index is 1.69. The van der Waals surface area contributed by atoms with Crippen molar-refractivity contribution in [2.24, 2.45) is 4.99 Å². The molecular formula is C27H32N4O6S. The largest absolute Gasteiger partial charge is 0.493 e. The molecule has 11 heteroatoms. The Morgan fingerprint density at radius 1 is 1.13 bits per heavy atom. The average molecular weight is 541 g/mol. The molecule has 2 amide bonds. The van der Waals surface area contributed by atoms with Gasteiger partial charge in [0, 0.05) is 44.4 Å². The minimum atomic E-state index is -0.659. The number of piperazine rings is 1. The Morgan fingerprint density at radius 2 is 1.84 bits per heavy atom. The number of hydrogen-bond acceptors (Lipinski definition) is 9. The molecule has 4 rings (SSSR count). The first-order valence-electron chi connectivity index (χ1n) is 12.3. The second-order valence-electron chi connectivity index (χ2n) is 8.93. The van der Waals surface area contributed by atoms with Gasteiger partial charge in [-0.25, -0.2) is 9.79 Å². The van der Waals surface area contributed by atoms with E-state index in [9.17, 15) is 14.4 Å². The third-order valence-electron chi connectivity index (χ3n) is 6.69. The number of benzene rings is 1. The number of esters is 1. The van der Waals surface area contributed by atoms with E-state index in [1.165, 1.54) is 24.8 Å². The molecule has 1 saturated heterocycles. The first kappa shape index (κ1) is 27.3. The van der Waals surface area contributed by atoms with Gasteiger partial charge in [-0.15, -0.1) is 0 Å². The number of amides is 2. The molecule has 1 fully saturated rings. The van der Waals surface area contributed by atoms with E-state index in [2.05, 4.69) is 6.58 Å². The molecule has 1 atom stereocenters. The number of carbonyl (C=O) groups is 3. The van der Waals surface area contributed by atoms with Crippen molar-refractivity contribution < 1.29 is 28.6 Å². The number of allylic oxidation sites excluding steroid dienone is 1. The highest BCUT2D eigenvalue weighted by molar-refractivity contribution is 8.16. The second kappa shape index (κ2) is 11.8. The fourth-order valence-electron chi connectivity index (χ4n) is 4.80. The zero-order valence-corrected chi connectivity index (χ0v) is 22.9. The summed E-state index contributed by atoms with van der Waals surface area (Å²) >= 11 is 1.40. The van der Waals surface area contributed by atoms with Gasteiger partial charge in [0.05, 0.1) is 38.0 Å². The van der Waals surface area contributed by atoms with Crippen LogP contribution in [0, 0.1) is 0 Å². The number of methoxy groups -OCH3 is 2. The standard InChI is InChI=1S/C27H32N4O6S/c1-6-14-37-26(34)23-17(2)28-27-31(24(23)20-8-7-9-21(35-4)25(20)36-5)19(16-38-27)15-22(33)30-12-10-29(11-13-30)18(3)32/h6-9,16,24H,1,10-15H2,2-5H3/t24-/m0/s1. The summed E-state index contributed by atoms with van der Waals surface area (Å²) in [4.78, 5) is 48.5. The van der Waals surface area contributed by atoms with Crippen molar-refractivity contribution >= 4 is 34.7 Å². The molecule has 0 unspecified atom stereocenters. The summed E-state index contributed by atoms with van der Waals surface area (Å²) < 4.78 is 16.7. The predicted molar refractivity (Wildman–Crippen MR) is 145 cm³/mol. The molecule has 0 aliphatic carbocycles. The molecule has 1 aromatic carbocycles. The zero-order valence-electron chi connectivity index (χ0n) is 22.1. The van der Waals surface area contributed by atoms with Crippen molar-refractivity contribution in [1.29, 1.82) is 0 Å². The van der Waals surface area contributed by atoms with Crippen LogP contribution < -0.4 is 9.47 Å². The Morgan fingerprint density at radius 3 is 2.47 bits per heavy atom. The van der Waals surface area contributed by atoms with Crippen molar-refractivity contribution in [3.05, 3.63) is 58.8 Å². The average Bonchev–Trinajstić information content (AvgIpc) is 3.31. The van der Waals surface area contributed by atoms with Gasteiger partial charge in [-0.1, -0.05) is 36.5 Å². The number of thioether (sulfide) groups is 1. The molecule has 0 radical (unpaired) electrons. The van der Waals surface area contributed by atoms with Crippen molar-refractivity contribution in [2.45, 2.75) is 26.3 Å². The molecule has 202 valence electrons. The molecular weight excluding hydrogens is 508 g/mol. The van der Waals surface area contributed by atoms with Gasteiger partial charge < -0.3 is 28.9 Å². The maximum Gasteiger partial charge on any atom is 0.338 e. The van der Waals surface area contributed by atoms with Crippen LogP contribution in [0.4, 0.5) is 0 Å². The van der Waals surface area contributed by atoms with Gasteiger partial charge in [0.15, 0.2) is 16.7 Å². The zero-order chi connectivity index (χ0) is 27.4. The molecule has 0 spiro atoms. The monoisotopic (exact) mass is 540 g/mol. The summed E-state index contributed by atoms with van der Waals surface area (Å²) in [5.41, 5.74) is 2.26. The van der Waals surface area contributed by atoms with Crippen LogP contribution in [-0.2, 0) is 19.1 Å². The summed E-state index contributed by atoms with van der Waals surface area (Å²) in [5.74, 6) is 0.422. The minimum absolute atomic E-state index is 0.00859. The van der Waals surface area contributed by atoms with Crippen LogP contribution in [0.3, 0.4) is 0 Å². The second-order valence-corrected chi connectivity index (χ2v) is 9.76. The molecule has 10 nitrogen and oxygen atoms in total. The summed E-state index contributed by atoms with van der Waals surface area (Å²) in [7, 11) is 3.10. The molecule has 0 N–H and O–H groups in total. The topological polar surface area (TPSA) is 101 Å². The van der Waals surface area contributed by atoms with Gasteiger partial charge in [0.2, 0.25) is 11.8 Å².